The van der Waals surface area contributed by atoms with Gasteiger partial charge in [-0.15, -0.1) is 0 Å². The van der Waals surface area contributed by atoms with Gasteiger partial charge in [0.25, 0.3) is 0 Å². The number of aryl methyl sites for hydroxylation is 1. The van der Waals surface area contributed by atoms with E-state index in [-0.39, 0.29) is 4.90 Å². The summed E-state index contributed by atoms with van der Waals surface area (Å²) in [5, 5.41) is 5.11. The summed E-state index contributed by atoms with van der Waals surface area (Å²) < 4.78 is 24.4. The number of anilines is 1. The van der Waals surface area contributed by atoms with Gasteiger partial charge in [0.2, 0.25) is 10.0 Å². The van der Waals surface area contributed by atoms with Gasteiger partial charge in [0, 0.05) is 18.8 Å². The van der Waals surface area contributed by atoms with Crippen LogP contribution in [0.5, 0.6) is 0 Å². The van der Waals surface area contributed by atoms with E-state index in [9.17, 15) is 8.42 Å². The van der Waals surface area contributed by atoms with Gasteiger partial charge in [-0.3, -0.25) is 0 Å². The molecule has 0 fully saturated rings. The van der Waals surface area contributed by atoms with Gasteiger partial charge in [-0.1, -0.05) is 6.92 Å². The maximum Gasteiger partial charge on any atom is 0.238 e. The van der Waals surface area contributed by atoms with Gasteiger partial charge in [0.15, 0.2) is 0 Å². The van der Waals surface area contributed by atoms with E-state index in [0.717, 1.165) is 5.82 Å². The van der Waals surface area contributed by atoms with Crippen LogP contribution in [0.2, 0.25) is 0 Å². The molecule has 0 aliphatic rings. The fourth-order valence-electron chi connectivity index (χ4n) is 1.72. The minimum absolute atomic E-state index is 0.0300. The second kappa shape index (κ2) is 4.43. The zero-order valence-corrected chi connectivity index (χ0v) is 10.7. The van der Waals surface area contributed by atoms with Crippen LogP contribution >= 0.6 is 0 Å². The highest BCUT2D eigenvalue weighted by Crippen LogP contribution is 2.22. The number of primary sulfonamides is 1. The Morgan fingerprint density at radius 3 is 2.72 bits per heavy atom. The van der Waals surface area contributed by atoms with Crippen LogP contribution in [0.15, 0.2) is 35.5 Å². The molecule has 1 aromatic carbocycles. The molecule has 0 atom stereocenters. The quantitative estimate of drug-likeness (QED) is 0.796. The van der Waals surface area contributed by atoms with E-state index < -0.39 is 10.0 Å². The summed E-state index contributed by atoms with van der Waals surface area (Å²) in [6.07, 6.45) is 4.09. The monoisotopic (exact) mass is 266 g/mol. The smallest absolute Gasteiger partial charge is 0.238 e. The number of rotatable bonds is 3. The van der Waals surface area contributed by atoms with Crippen molar-refractivity contribution in [3.8, 4) is 5.69 Å². The lowest BCUT2D eigenvalue weighted by Crippen LogP contribution is -2.13. The highest BCUT2D eigenvalue weighted by atomic mass is 32.2. The van der Waals surface area contributed by atoms with Crippen molar-refractivity contribution < 1.29 is 8.42 Å². The third kappa shape index (κ3) is 2.22. The molecule has 6 nitrogen and oxygen atoms in total. The van der Waals surface area contributed by atoms with Gasteiger partial charge >= 0.3 is 0 Å². The molecular weight excluding hydrogens is 252 g/mol. The first-order chi connectivity index (χ1) is 8.43. The zero-order valence-electron chi connectivity index (χ0n) is 9.87. The van der Waals surface area contributed by atoms with Gasteiger partial charge < -0.3 is 10.3 Å². The molecule has 0 spiro atoms. The molecule has 1 heterocycles. The number of hydrogen-bond acceptors (Lipinski definition) is 4. The normalized spacial score (nSPS) is 11.7. The van der Waals surface area contributed by atoms with Crippen LogP contribution in [0.4, 0.5) is 5.69 Å². The number of hydrogen-bond donors (Lipinski definition) is 2. The van der Waals surface area contributed by atoms with Crippen LogP contribution in [-0.4, -0.2) is 18.0 Å². The van der Waals surface area contributed by atoms with Gasteiger partial charge in [-0.25, -0.2) is 18.5 Å². The highest BCUT2D eigenvalue weighted by molar-refractivity contribution is 7.89. The van der Waals surface area contributed by atoms with E-state index in [2.05, 4.69) is 4.98 Å². The Labute approximate surface area is 105 Å². The van der Waals surface area contributed by atoms with E-state index in [1.807, 2.05) is 6.92 Å². The summed E-state index contributed by atoms with van der Waals surface area (Å²) in [4.78, 5) is 4.20. The minimum atomic E-state index is -3.74. The van der Waals surface area contributed by atoms with Gasteiger partial charge in [0.05, 0.1) is 16.3 Å². The number of sulfonamides is 1. The van der Waals surface area contributed by atoms with Crippen molar-refractivity contribution in [2.45, 2.75) is 18.2 Å². The standard InChI is InChI=1S/C11H14N4O2S/c1-2-11-14-5-6-15(11)10-7-8(18(13,16)17)3-4-9(10)12/h3-7H,2,12H2,1H3,(H2,13,16,17). The molecule has 0 saturated carbocycles. The molecule has 96 valence electrons. The summed E-state index contributed by atoms with van der Waals surface area (Å²) in [7, 11) is -3.74. The maximum atomic E-state index is 11.3. The van der Waals surface area contributed by atoms with Crippen LogP contribution in [0.25, 0.3) is 5.69 Å². The summed E-state index contributed by atoms with van der Waals surface area (Å²) >= 11 is 0. The summed E-state index contributed by atoms with van der Waals surface area (Å²) in [6.45, 7) is 1.96. The molecule has 0 bridgehead atoms. The largest absolute Gasteiger partial charge is 0.397 e. The zero-order chi connectivity index (χ0) is 13.3. The number of imidazole rings is 1. The van der Waals surface area contributed by atoms with E-state index in [4.69, 9.17) is 10.9 Å². The van der Waals surface area contributed by atoms with Crippen molar-refractivity contribution in [1.82, 2.24) is 9.55 Å². The predicted molar refractivity (Wildman–Crippen MR) is 68.7 cm³/mol. The Morgan fingerprint density at radius 1 is 1.39 bits per heavy atom. The molecule has 2 rings (SSSR count). The van der Waals surface area contributed by atoms with Crippen molar-refractivity contribution >= 4 is 15.7 Å². The van der Waals surface area contributed by atoms with Gasteiger partial charge in [-0.2, -0.15) is 0 Å². The Balaban J connectivity index is 2.64. The van der Waals surface area contributed by atoms with Crippen molar-refractivity contribution in [2.24, 2.45) is 5.14 Å². The average molecular weight is 266 g/mol. The number of benzene rings is 1. The summed E-state index contributed by atoms with van der Waals surface area (Å²) in [5.74, 6) is 0.799. The van der Waals surface area contributed by atoms with Crippen molar-refractivity contribution in [1.29, 1.82) is 0 Å². The molecular formula is C11H14N4O2S. The molecule has 18 heavy (non-hydrogen) atoms. The summed E-state index contributed by atoms with van der Waals surface area (Å²) in [6, 6.07) is 4.36. The topological polar surface area (TPSA) is 104 Å². The SMILES string of the molecule is CCc1nccn1-c1cc(S(N)(=O)=O)ccc1N. The first-order valence-corrected chi connectivity index (χ1v) is 6.93. The van der Waals surface area contributed by atoms with Gasteiger partial charge in [0.1, 0.15) is 5.82 Å². The fraction of sp³-hybridized carbons (Fsp3) is 0.182. The molecule has 2 aromatic rings. The van der Waals surface area contributed by atoms with Crippen LogP contribution in [0, 0.1) is 0 Å². The molecule has 7 heteroatoms. The maximum absolute atomic E-state index is 11.3. The second-order valence-corrected chi connectivity index (χ2v) is 5.39. The highest BCUT2D eigenvalue weighted by Gasteiger charge is 2.13. The molecule has 0 saturated heterocycles. The molecule has 4 N–H and O–H groups in total. The minimum Gasteiger partial charge on any atom is -0.397 e. The Bertz CT molecular complexity index is 676. The average Bonchev–Trinajstić information content (AvgIpc) is 2.76. The lowest BCUT2D eigenvalue weighted by Gasteiger charge is -2.11. The van der Waals surface area contributed by atoms with Crippen molar-refractivity contribution in [3.05, 3.63) is 36.4 Å². The van der Waals surface area contributed by atoms with E-state index in [1.54, 1.807) is 17.0 Å². The molecule has 1 aromatic heterocycles. The molecule has 0 radical (unpaired) electrons. The van der Waals surface area contributed by atoms with E-state index >= 15 is 0 Å². The summed E-state index contributed by atoms with van der Waals surface area (Å²) in [5.41, 5.74) is 6.90. The van der Waals surface area contributed by atoms with E-state index in [0.29, 0.717) is 17.8 Å². The number of nitrogens with two attached hydrogens (primary N) is 2. The Kier molecular flexibility index (Phi) is 3.10. The molecule has 0 amide bonds. The molecule has 0 aliphatic carbocycles. The predicted octanol–water partition coefficient (Wildman–Crippen LogP) is 0.664. The lowest BCUT2D eigenvalue weighted by atomic mass is 10.2. The molecule has 0 aliphatic heterocycles. The first kappa shape index (κ1) is 12.6. The first-order valence-electron chi connectivity index (χ1n) is 5.38. The number of nitrogens with zero attached hydrogens (tertiary/aromatic N) is 2. The third-order valence-electron chi connectivity index (χ3n) is 2.62. The van der Waals surface area contributed by atoms with Gasteiger partial charge in [-0.05, 0) is 18.2 Å². The Hall–Kier alpha value is -1.86. The van der Waals surface area contributed by atoms with Crippen molar-refractivity contribution in [3.63, 3.8) is 0 Å². The second-order valence-electron chi connectivity index (χ2n) is 3.83. The number of nitrogen functional groups attached to an aromatic ring is 1. The number of aromatic nitrogens is 2. The van der Waals surface area contributed by atoms with Crippen molar-refractivity contribution in [2.75, 3.05) is 5.73 Å². The van der Waals surface area contributed by atoms with Crippen LogP contribution in [0.3, 0.4) is 0 Å². The fourth-order valence-corrected chi connectivity index (χ4v) is 2.26. The van der Waals surface area contributed by atoms with Crippen LogP contribution in [-0.2, 0) is 16.4 Å². The third-order valence-corrected chi connectivity index (χ3v) is 3.53. The van der Waals surface area contributed by atoms with E-state index in [1.165, 1.54) is 18.2 Å². The van der Waals surface area contributed by atoms with Crippen LogP contribution in [0.1, 0.15) is 12.7 Å². The Morgan fingerprint density at radius 2 is 2.11 bits per heavy atom. The molecule has 0 unspecified atom stereocenters. The lowest BCUT2D eigenvalue weighted by molar-refractivity contribution is 0.597. The van der Waals surface area contributed by atoms with Crippen LogP contribution < -0.4 is 10.9 Å².